The van der Waals surface area contributed by atoms with Gasteiger partial charge in [0, 0.05) is 11.3 Å². The first-order valence-electron chi connectivity index (χ1n) is 6.01. The van der Waals surface area contributed by atoms with Crippen molar-refractivity contribution in [1.29, 1.82) is 0 Å². The van der Waals surface area contributed by atoms with Crippen LogP contribution in [0.3, 0.4) is 0 Å². The van der Waals surface area contributed by atoms with E-state index in [1.807, 2.05) is 0 Å². The lowest BCUT2D eigenvalue weighted by Gasteiger charge is -2.16. The Morgan fingerprint density at radius 3 is 2.42 bits per heavy atom. The Morgan fingerprint density at radius 1 is 1.26 bits per heavy atom. The third-order valence-corrected chi connectivity index (χ3v) is 4.18. The molecule has 0 bridgehead atoms. The molecule has 0 aliphatic carbocycles. The molecule has 0 atom stereocenters. The Balaban J connectivity index is 2.22. The summed E-state index contributed by atoms with van der Waals surface area (Å²) < 4.78 is 6.67. The van der Waals surface area contributed by atoms with E-state index in [-0.39, 0.29) is 5.41 Å². The average Bonchev–Trinajstić information content (AvgIpc) is 2.86. The van der Waals surface area contributed by atoms with Crippen LogP contribution in [-0.4, -0.2) is 24.2 Å². The molecule has 2 heterocycles. The Hall–Kier alpha value is -1.15. The van der Waals surface area contributed by atoms with Crippen molar-refractivity contribution in [2.75, 3.05) is 5.84 Å². The number of nitrogen functional groups attached to an aromatic ring is 1. The summed E-state index contributed by atoms with van der Waals surface area (Å²) in [6, 6.07) is 0. The predicted octanol–water partition coefficient (Wildman–Crippen LogP) is 2.42. The van der Waals surface area contributed by atoms with Gasteiger partial charge in [-0.2, -0.15) is 4.37 Å². The number of rotatable bonds is 3. The molecule has 0 aliphatic heterocycles. The molecule has 0 fully saturated rings. The van der Waals surface area contributed by atoms with Crippen LogP contribution in [0.15, 0.2) is 9.50 Å². The van der Waals surface area contributed by atoms with E-state index in [1.165, 1.54) is 28.0 Å². The minimum absolute atomic E-state index is 0.134. The van der Waals surface area contributed by atoms with Crippen LogP contribution < -0.4 is 5.84 Å². The van der Waals surface area contributed by atoms with E-state index in [1.54, 1.807) is 0 Å². The van der Waals surface area contributed by atoms with Crippen molar-refractivity contribution in [1.82, 2.24) is 24.2 Å². The van der Waals surface area contributed by atoms with Crippen molar-refractivity contribution in [2.45, 2.75) is 55.4 Å². The molecule has 0 saturated heterocycles. The van der Waals surface area contributed by atoms with Crippen molar-refractivity contribution in [3.63, 3.8) is 0 Å². The van der Waals surface area contributed by atoms with Gasteiger partial charge < -0.3 is 5.84 Å². The average molecular weight is 298 g/mol. The number of nitrogens with zero attached hydrogens (tertiary/aromatic N) is 5. The van der Waals surface area contributed by atoms with Gasteiger partial charge in [-0.05, 0) is 23.3 Å². The second-order valence-corrected chi connectivity index (χ2v) is 7.57. The van der Waals surface area contributed by atoms with Gasteiger partial charge in [-0.3, -0.25) is 0 Å². The lowest BCUT2D eigenvalue weighted by Crippen LogP contribution is -2.24. The molecule has 0 aliphatic rings. The van der Waals surface area contributed by atoms with Crippen molar-refractivity contribution in [2.24, 2.45) is 0 Å². The van der Waals surface area contributed by atoms with Crippen molar-refractivity contribution < 1.29 is 0 Å². The third kappa shape index (κ3) is 3.06. The Kier molecular flexibility index (Phi) is 3.82. The summed E-state index contributed by atoms with van der Waals surface area (Å²) in [6.45, 7) is 10.3. The highest BCUT2D eigenvalue weighted by Gasteiger charge is 2.23. The highest BCUT2D eigenvalue weighted by molar-refractivity contribution is 8.00. The number of nitrogens with two attached hydrogens (primary N) is 1. The summed E-state index contributed by atoms with van der Waals surface area (Å²) >= 11 is 2.76. The Bertz CT molecular complexity index is 566. The van der Waals surface area contributed by atoms with E-state index >= 15 is 0 Å². The topological polar surface area (TPSA) is 82.5 Å². The van der Waals surface area contributed by atoms with Gasteiger partial charge in [-0.1, -0.05) is 34.6 Å². The first-order chi connectivity index (χ1) is 8.79. The maximum atomic E-state index is 6.03. The summed E-state index contributed by atoms with van der Waals surface area (Å²) in [7, 11) is 0. The number of hydrogen-bond acceptors (Lipinski definition) is 7. The molecule has 6 nitrogen and oxygen atoms in total. The van der Waals surface area contributed by atoms with E-state index in [9.17, 15) is 0 Å². The second-order valence-electron chi connectivity index (χ2n) is 5.60. The summed E-state index contributed by atoms with van der Waals surface area (Å²) in [4.78, 5) is 4.45. The zero-order valence-corrected chi connectivity index (χ0v) is 13.3. The van der Waals surface area contributed by atoms with Crippen LogP contribution in [0.5, 0.6) is 0 Å². The second kappa shape index (κ2) is 5.09. The SMILES string of the molecule is CC(C)c1nsc(Sc2nnc(C(C)(C)C)n2N)n1. The van der Waals surface area contributed by atoms with Crippen molar-refractivity contribution in [3.8, 4) is 0 Å². The van der Waals surface area contributed by atoms with E-state index < -0.39 is 0 Å². The zero-order chi connectivity index (χ0) is 14.2. The zero-order valence-electron chi connectivity index (χ0n) is 11.7. The molecule has 104 valence electrons. The fraction of sp³-hybridized carbons (Fsp3) is 0.636. The molecule has 2 N–H and O–H groups in total. The lowest BCUT2D eigenvalue weighted by atomic mass is 9.96. The van der Waals surface area contributed by atoms with Gasteiger partial charge >= 0.3 is 0 Å². The summed E-state index contributed by atoms with van der Waals surface area (Å²) in [5, 5.41) is 8.91. The molecule has 2 aromatic rings. The highest BCUT2D eigenvalue weighted by Crippen LogP contribution is 2.30. The first kappa shape index (κ1) is 14.3. The third-order valence-electron chi connectivity index (χ3n) is 2.45. The quantitative estimate of drug-likeness (QED) is 0.876. The molecule has 2 aromatic heterocycles. The van der Waals surface area contributed by atoms with Gasteiger partial charge in [-0.15, -0.1) is 10.2 Å². The monoisotopic (exact) mass is 298 g/mol. The van der Waals surface area contributed by atoms with Crippen molar-refractivity contribution in [3.05, 3.63) is 11.6 Å². The standard InChI is InChI=1S/C11H18N6S2/c1-6(2)7-13-10(19-16-7)18-9-15-14-8(17(9)12)11(3,4)5/h6H,12H2,1-5H3. The first-order valence-corrected chi connectivity index (χ1v) is 7.60. The van der Waals surface area contributed by atoms with Gasteiger partial charge in [0.2, 0.25) is 5.16 Å². The molecule has 0 radical (unpaired) electrons. The van der Waals surface area contributed by atoms with Gasteiger partial charge in [0.15, 0.2) is 10.2 Å². The van der Waals surface area contributed by atoms with E-state index in [0.717, 1.165) is 16.0 Å². The minimum atomic E-state index is -0.134. The summed E-state index contributed by atoms with van der Waals surface area (Å²) in [6.07, 6.45) is 0. The normalized spacial score (nSPS) is 12.3. The van der Waals surface area contributed by atoms with Crippen LogP contribution in [0.2, 0.25) is 0 Å². The van der Waals surface area contributed by atoms with E-state index in [0.29, 0.717) is 11.1 Å². The summed E-state index contributed by atoms with van der Waals surface area (Å²) in [5.74, 6) is 7.96. The van der Waals surface area contributed by atoms with Crippen LogP contribution in [-0.2, 0) is 5.41 Å². The van der Waals surface area contributed by atoms with Gasteiger partial charge in [0.25, 0.3) is 0 Å². The summed E-state index contributed by atoms with van der Waals surface area (Å²) in [5.41, 5.74) is -0.134. The molecule has 0 unspecified atom stereocenters. The molecule has 0 aromatic carbocycles. The maximum Gasteiger partial charge on any atom is 0.216 e. The van der Waals surface area contributed by atoms with Gasteiger partial charge in [0.1, 0.15) is 5.82 Å². The van der Waals surface area contributed by atoms with Crippen LogP contribution >= 0.6 is 23.3 Å². The van der Waals surface area contributed by atoms with Gasteiger partial charge in [-0.25, -0.2) is 9.66 Å². The molecule has 8 heteroatoms. The molecule has 0 spiro atoms. The lowest BCUT2D eigenvalue weighted by molar-refractivity contribution is 0.523. The van der Waals surface area contributed by atoms with Crippen LogP contribution in [0.4, 0.5) is 0 Å². The highest BCUT2D eigenvalue weighted by atomic mass is 32.2. The molecule has 0 amide bonds. The largest absolute Gasteiger partial charge is 0.336 e. The molecule has 19 heavy (non-hydrogen) atoms. The van der Waals surface area contributed by atoms with Gasteiger partial charge in [0.05, 0.1) is 0 Å². The molecular formula is C11H18N6S2. The van der Waals surface area contributed by atoms with Crippen LogP contribution in [0.25, 0.3) is 0 Å². The minimum Gasteiger partial charge on any atom is -0.336 e. The van der Waals surface area contributed by atoms with E-state index in [2.05, 4.69) is 54.2 Å². The fourth-order valence-corrected chi connectivity index (χ4v) is 3.04. The molecule has 2 rings (SSSR count). The maximum absolute atomic E-state index is 6.03. The number of aromatic nitrogens is 5. The smallest absolute Gasteiger partial charge is 0.216 e. The fourth-order valence-electron chi connectivity index (χ4n) is 1.43. The van der Waals surface area contributed by atoms with Crippen LogP contribution in [0.1, 0.15) is 52.2 Å². The van der Waals surface area contributed by atoms with Crippen molar-refractivity contribution >= 4 is 23.3 Å². The number of hydrogen-bond donors (Lipinski definition) is 1. The molecule has 0 saturated carbocycles. The molecular weight excluding hydrogens is 280 g/mol. The van der Waals surface area contributed by atoms with E-state index in [4.69, 9.17) is 5.84 Å². The predicted molar refractivity (Wildman–Crippen MR) is 77.0 cm³/mol. The Labute approximate surface area is 121 Å². The van der Waals surface area contributed by atoms with Crippen LogP contribution in [0, 0.1) is 0 Å². The Morgan fingerprint density at radius 2 is 1.95 bits per heavy atom.